The van der Waals surface area contributed by atoms with Crippen molar-refractivity contribution in [1.29, 1.82) is 0 Å². The van der Waals surface area contributed by atoms with E-state index in [1.807, 2.05) is 6.92 Å². The van der Waals surface area contributed by atoms with Gasteiger partial charge in [0.1, 0.15) is 0 Å². The van der Waals surface area contributed by atoms with E-state index >= 15 is 0 Å². The van der Waals surface area contributed by atoms with Crippen LogP contribution in [0.5, 0.6) is 0 Å². The first-order valence-electron chi connectivity index (χ1n) is 2.48. The lowest BCUT2D eigenvalue weighted by molar-refractivity contribution is -0.117. The Hall–Kier alpha value is 0.110. The van der Waals surface area contributed by atoms with Gasteiger partial charge in [-0.15, -0.1) is 0 Å². The van der Waals surface area contributed by atoms with Crippen molar-refractivity contribution >= 4 is 21.7 Å². The first-order chi connectivity index (χ1) is 3.72. The van der Waals surface area contributed by atoms with Crippen LogP contribution >= 0.6 is 15.9 Å². The molecule has 1 atom stereocenters. The number of alkyl halides is 1. The number of nitrogens with one attached hydrogen (secondary N) is 1. The number of carbonyl (C=O) groups excluding carboxylic acids is 1. The molecule has 0 radical (unpaired) electrons. The molecule has 8 heavy (non-hydrogen) atoms. The number of ketones is 1. The number of likely N-dealkylation sites (N-methyl/N-ethyl adjacent to an activating group) is 1. The van der Waals surface area contributed by atoms with Gasteiger partial charge in [-0.2, -0.15) is 0 Å². The molecule has 0 fully saturated rings. The van der Waals surface area contributed by atoms with E-state index in [1.165, 1.54) is 0 Å². The Kier molecular flexibility index (Phi) is 4.09. The predicted molar refractivity (Wildman–Crippen MR) is 37.3 cm³/mol. The zero-order valence-electron chi connectivity index (χ0n) is 5.07. The van der Waals surface area contributed by atoms with Crippen LogP contribution in [0.15, 0.2) is 0 Å². The molecule has 0 aliphatic heterocycles. The van der Waals surface area contributed by atoms with E-state index in [0.29, 0.717) is 5.33 Å². The summed E-state index contributed by atoms with van der Waals surface area (Å²) in [5.41, 5.74) is 0. The summed E-state index contributed by atoms with van der Waals surface area (Å²) in [5.74, 6) is 0.188. The summed E-state index contributed by atoms with van der Waals surface area (Å²) in [5, 5.41) is 3.28. The Morgan fingerprint density at radius 1 is 1.88 bits per heavy atom. The maximum absolute atomic E-state index is 10.6. The maximum atomic E-state index is 10.6. The third-order valence-corrected chi connectivity index (χ3v) is 1.60. The van der Waals surface area contributed by atoms with Crippen LogP contribution in [0.4, 0.5) is 0 Å². The standard InChI is InChI=1S/C5H10BrNO/c1-4(7-2)5(8)3-6/h4,7H,3H2,1-2H3/t4-/m1/s1. The van der Waals surface area contributed by atoms with Crippen LogP contribution in [0.25, 0.3) is 0 Å². The molecule has 0 saturated carbocycles. The van der Waals surface area contributed by atoms with Crippen LogP contribution in [0.3, 0.4) is 0 Å². The van der Waals surface area contributed by atoms with Crippen molar-refractivity contribution in [3.63, 3.8) is 0 Å². The van der Waals surface area contributed by atoms with E-state index < -0.39 is 0 Å². The second kappa shape index (κ2) is 4.04. The Morgan fingerprint density at radius 2 is 2.38 bits per heavy atom. The Bertz CT molecular complexity index is 84.5. The van der Waals surface area contributed by atoms with Gasteiger partial charge in [0.25, 0.3) is 0 Å². The van der Waals surface area contributed by atoms with Gasteiger partial charge in [-0.3, -0.25) is 4.79 Å². The fourth-order valence-electron chi connectivity index (χ4n) is 0.277. The van der Waals surface area contributed by atoms with E-state index in [0.717, 1.165) is 0 Å². The van der Waals surface area contributed by atoms with Gasteiger partial charge in [0.15, 0.2) is 5.78 Å². The van der Waals surface area contributed by atoms with Crippen LogP contribution in [0.2, 0.25) is 0 Å². The molecule has 0 aromatic rings. The zero-order chi connectivity index (χ0) is 6.57. The molecular formula is C5H10BrNO. The van der Waals surface area contributed by atoms with Gasteiger partial charge >= 0.3 is 0 Å². The highest BCUT2D eigenvalue weighted by Gasteiger charge is 2.06. The van der Waals surface area contributed by atoms with Gasteiger partial charge in [-0.1, -0.05) is 15.9 Å². The van der Waals surface area contributed by atoms with Crippen molar-refractivity contribution in [3.05, 3.63) is 0 Å². The van der Waals surface area contributed by atoms with Gasteiger partial charge in [0.2, 0.25) is 0 Å². The molecule has 0 saturated heterocycles. The largest absolute Gasteiger partial charge is 0.311 e. The van der Waals surface area contributed by atoms with Gasteiger partial charge < -0.3 is 5.32 Å². The molecule has 1 N–H and O–H groups in total. The number of hydrogen-bond acceptors (Lipinski definition) is 2. The minimum Gasteiger partial charge on any atom is -0.311 e. The van der Waals surface area contributed by atoms with E-state index in [4.69, 9.17) is 0 Å². The summed E-state index contributed by atoms with van der Waals surface area (Å²) in [6, 6.07) is -0.0191. The summed E-state index contributed by atoms with van der Waals surface area (Å²) < 4.78 is 0. The summed E-state index contributed by atoms with van der Waals surface area (Å²) in [6.07, 6.45) is 0. The second-order valence-electron chi connectivity index (χ2n) is 1.61. The third kappa shape index (κ3) is 2.43. The number of rotatable bonds is 3. The fraction of sp³-hybridized carbons (Fsp3) is 0.800. The minimum absolute atomic E-state index is 0.0191. The minimum atomic E-state index is -0.0191. The number of Topliss-reactive ketones (excluding diaryl/α,β-unsaturated/α-hetero) is 1. The quantitative estimate of drug-likeness (QED) is 0.643. The van der Waals surface area contributed by atoms with Gasteiger partial charge in [0.05, 0.1) is 11.4 Å². The molecule has 3 heteroatoms. The van der Waals surface area contributed by atoms with Crippen LogP contribution < -0.4 is 5.32 Å². The molecule has 0 bridgehead atoms. The lowest BCUT2D eigenvalue weighted by atomic mass is 10.2. The molecule has 2 nitrogen and oxygen atoms in total. The highest BCUT2D eigenvalue weighted by molar-refractivity contribution is 9.09. The monoisotopic (exact) mass is 179 g/mol. The average molecular weight is 180 g/mol. The topological polar surface area (TPSA) is 29.1 Å². The predicted octanol–water partition coefficient (Wildman–Crippen LogP) is 0.558. The van der Waals surface area contributed by atoms with Crippen molar-refractivity contribution in [2.24, 2.45) is 0 Å². The second-order valence-corrected chi connectivity index (χ2v) is 2.17. The van der Waals surface area contributed by atoms with Crippen LogP contribution in [0.1, 0.15) is 6.92 Å². The summed E-state index contributed by atoms with van der Waals surface area (Å²) in [7, 11) is 1.77. The molecule has 0 aromatic heterocycles. The maximum Gasteiger partial charge on any atom is 0.159 e. The lowest BCUT2D eigenvalue weighted by Crippen LogP contribution is -2.31. The molecular weight excluding hydrogens is 170 g/mol. The normalized spacial score (nSPS) is 13.4. The Labute approximate surface area is 57.8 Å². The fourth-order valence-corrected chi connectivity index (χ4v) is 0.762. The molecule has 48 valence electrons. The van der Waals surface area contributed by atoms with E-state index in [2.05, 4.69) is 21.2 Å². The van der Waals surface area contributed by atoms with Crippen molar-refractivity contribution in [1.82, 2.24) is 5.32 Å². The van der Waals surface area contributed by atoms with E-state index in [1.54, 1.807) is 7.05 Å². The molecule has 0 aromatic carbocycles. The molecule has 0 aliphatic carbocycles. The highest BCUT2D eigenvalue weighted by atomic mass is 79.9. The van der Waals surface area contributed by atoms with Crippen molar-refractivity contribution in [2.45, 2.75) is 13.0 Å². The summed E-state index contributed by atoms with van der Waals surface area (Å²) >= 11 is 3.07. The van der Waals surface area contributed by atoms with Crippen LogP contribution in [-0.2, 0) is 4.79 Å². The molecule has 0 rings (SSSR count). The molecule has 0 spiro atoms. The smallest absolute Gasteiger partial charge is 0.159 e. The zero-order valence-corrected chi connectivity index (χ0v) is 6.66. The number of carbonyl (C=O) groups is 1. The first-order valence-corrected chi connectivity index (χ1v) is 3.60. The molecule has 0 amide bonds. The Balaban J connectivity index is 3.46. The SMILES string of the molecule is CN[C@H](C)C(=O)CBr. The summed E-state index contributed by atoms with van der Waals surface area (Å²) in [6.45, 7) is 1.84. The Morgan fingerprint density at radius 3 is 2.50 bits per heavy atom. The molecule has 0 unspecified atom stereocenters. The molecule has 0 heterocycles. The van der Waals surface area contributed by atoms with Crippen molar-refractivity contribution < 1.29 is 4.79 Å². The van der Waals surface area contributed by atoms with Gasteiger partial charge in [-0.25, -0.2) is 0 Å². The van der Waals surface area contributed by atoms with E-state index in [-0.39, 0.29) is 11.8 Å². The molecule has 0 aliphatic rings. The van der Waals surface area contributed by atoms with Crippen molar-refractivity contribution in [2.75, 3.05) is 12.4 Å². The third-order valence-electron chi connectivity index (χ3n) is 1.05. The van der Waals surface area contributed by atoms with Gasteiger partial charge in [0, 0.05) is 0 Å². The number of halogens is 1. The highest BCUT2D eigenvalue weighted by Crippen LogP contribution is 1.87. The van der Waals surface area contributed by atoms with Gasteiger partial charge in [-0.05, 0) is 14.0 Å². The average Bonchev–Trinajstić information content (AvgIpc) is 1.84. The van der Waals surface area contributed by atoms with Crippen LogP contribution in [-0.4, -0.2) is 24.2 Å². The first kappa shape index (κ1) is 8.11. The summed E-state index contributed by atoms with van der Waals surface area (Å²) in [4.78, 5) is 10.6. The van der Waals surface area contributed by atoms with Crippen LogP contribution in [0, 0.1) is 0 Å². The number of hydrogen-bond donors (Lipinski definition) is 1. The van der Waals surface area contributed by atoms with E-state index in [9.17, 15) is 4.79 Å². The van der Waals surface area contributed by atoms with Crippen molar-refractivity contribution in [3.8, 4) is 0 Å². The lowest BCUT2D eigenvalue weighted by Gasteiger charge is -2.03.